The molecule has 1 aliphatic rings. The van der Waals surface area contributed by atoms with Gasteiger partial charge < -0.3 is 4.74 Å². The fourth-order valence-corrected chi connectivity index (χ4v) is 3.04. The molecule has 1 aromatic carbocycles. The van der Waals surface area contributed by atoms with Crippen molar-refractivity contribution in [1.29, 1.82) is 0 Å². The second-order valence-corrected chi connectivity index (χ2v) is 7.47. The molecule has 0 amide bonds. The van der Waals surface area contributed by atoms with Crippen molar-refractivity contribution in [3.63, 3.8) is 0 Å². The van der Waals surface area contributed by atoms with Gasteiger partial charge in [-0.15, -0.1) is 0 Å². The second kappa shape index (κ2) is 6.01. The number of hydrogen-bond acceptors (Lipinski definition) is 4. The molecule has 2 N–H and O–H groups in total. The first-order valence-corrected chi connectivity index (χ1v) is 8.69. The zero-order chi connectivity index (χ0) is 14.9. The summed E-state index contributed by atoms with van der Waals surface area (Å²) in [5.41, 5.74) is -0.0131. The van der Waals surface area contributed by atoms with Crippen molar-refractivity contribution >= 4 is 43.5 Å². The highest BCUT2D eigenvalue weighted by molar-refractivity contribution is 9.10. The van der Waals surface area contributed by atoms with Crippen molar-refractivity contribution in [3.8, 4) is 0 Å². The van der Waals surface area contributed by atoms with E-state index in [1.54, 1.807) is 0 Å². The van der Waals surface area contributed by atoms with Crippen LogP contribution < -0.4 is 5.14 Å². The standard InChI is InChI=1S/C12H13BrClNO4S/c13-10-6-8(20(15,17)18)5-9(11(10)14)12(16)19-4-3-7-1-2-7/h5-7H,1-4H2,(H2,15,17,18). The highest BCUT2D eigenvalue weighted by Crippen LogP contribution is 2.33. The number of ether oxygens (including phenoxy) is 1. The molecule has 0 atom stereocenters. The summed E-state index contributed by atoms with van der Waals surface area (Å²) < 4.78 is 28.1. The van der Waals surface area contributed by atoms with Gasteiger partial charge in [-0.1, -0.05) is 24.4 Å². The number of nitrogens with two attached hydrogens (primary N) is 1. The molecule has 5 nitrogen and oxygen atoms in total. The Balaban J connectivity index is 2.20. The van der Waals surface area contributed by atoms with Crippen LogP contribution in [0, 0.1) is 5.92 Å². The minimum absolute atomic E-state index is 0.0131. The predicted molar refractivity (Wildman–Crippen MR) is 78.1 cm³/mol. The van der Waals surface area contributed by atoms with Gasteiger partial charge in [0.1, 0.15) is 0 Å². The number of carbonyl (C=O) groups is 1. The van der Waals surface area contributed by atoms with Gasteiger partial charge >= 0.3 is 5.97 Å². The van der Waals surface area contributed by atoms with Gasteiger partial charge in [0.15, 0.2) is 0 Å². The number of primary sulfonamides is 1. The molecular formula is C12H13BrClNO4S. The van der Waals surface area contributed by atoms with E-state index in [0.29, 0.717) is 12.5 Å². The van der Waals surface area contributed by atoms with E-state index >= 15 is 0 Å². The summed E-state index contributed by atoms with van der Waals surface area (Å²) in [5, 5.41) is 5.15. The van der Waals surface area contributed by atoms with Gasteiger partial charge in [0.05, 0.1) is 22.1 Å². The summed E-state index contributed by atoms with van der Waals surface area (Å²) in [6.07, 6.45) is 3.16. The Bertz CT molecular complexity index is 643. The molecule has 0 aromatic heterocycles. The minimum atomic E-state index is -3.92. The summed E-state index contributed by atoms with van der Waals surface area (Å²) in [6.45, 7) is 0.303. The largest absolute Gasteiger partial charge is 0.462 e. The summed E-state index contributed by atoms with van der Waals surface area (Å²) in [7, 11) is -3.92. The first kappa shape index (κ1) is 15.8. The Morgan fingerprint density at radius 3 is 2.65 bits per heavy atom. The van der Waals surface area contributed by atoms with Gasteiger partial charge in [0, 0.05) is 4.47 Å². The van der Waals surface area contributed by atoms with Crippen LogP contribution in [0.4, 0.5) is 0 Å². The first-order valence-electron chi connectivity index (χ1n) is 5.98. The zero-order valence-corrected chi connectivity index (χ0v) is 13.6. The van der Waals surface area contributed by atoms with Crippen LogP contribution in [0.3, 0.4) is 0 Å². The molecule has 0 radical (unpaired) electrons. The van der Waals surface area contributed by atoms with Crippen LogP contribution in [-0.2, 0) is 14.8 Å². The third-order valence-corrected chi connectivity index (χ3v) is 5.16. The van der Waals surface area contributed by atoms with Gasteiger partial charge in [0.25, 0.3) is 0 Å². The van der Waals surface area contributed by atoms with Crippen molar-refractivity contribution in [2.75, 3.05) is 6.61 Å². The Hall–Kier alpha value is -0.630. The second-order valence-electron chi connectivity index (χ2n) is 4.68. The lowest BCUT2D eigenvalue weighted by Crippen LogP contribution is -2.14. The molecule has 0 aliphatic heterocycles. The molecule has 8 heteroatoms. The highest BCUT2D eigenvalue weighted by atomic mass is 79.9. The summed E-state index contributed by atoms with van der Waals surface area (Å²) in [6, 6.07) is 2.38. The number of rotatable bonds is 5. The number of sulfonamides is 1. The van der Waals surface area contributed by atoms with E-state index in [0.717, 1.165) is 12.5 Å². The minimum Gasteiger partial charge on any atom is -0.462 e. The molecule has 110 valence electrons. The zero-order valence-electron chi connectivity index (χ0n) is 10.4. The van der Waals surface area contributed by atoms with Crippen molar-refractivity contribution in [1.82, 2.24) is 0 Å². The smallest absolute Gasteiger partial charge is 0.339 e. The number of benzene rings is 1. The third-order valence-electron chi connectivity index (χ3n) is 3.01. The molecule has 1 fully saturated rings. The normalized spacial score (nSPS) is 15.2. The fraction of sp³-hybridized carbons (Fsp3) is 0.417. The lowest BCUT2D eigenvalue weighted by Gasteiger charge is -2.09. The molecule has 0 unspecified atom stereocenters. The molecule has 0 heterocycles. The molecule has 0 spiro atoms. The lowest BCUT2D eigenvalue weighted by molar-refractivity contribution is 0.0494. The van der Waals surface area contributed by atoms with E-state index in [9.17, 15) is 13.2 Å². The Labute approximate surface area is 130 Å². The molecule has 0 bridgehead atoms. The van der Waals surface area contributed by atoms with Crippen molar-refractivity contribution in [3.05, 3.63) is 27.2 Å². The van der Waals surface area contributed by atoms with Crippen LogP contribution in [0.5, 0.6) is 0 Å². The SMILES string of the molecule is NS(=O)(=O)c1cc(Br)c(Cl)c(C(=O)OCCC2CC2)c1. The van der Waals surface area contributed by atoms with Crippen LogP contribution in [0.15, 0.2) is 21.5 Å². The van der Waals surface area contributed by atoms with E-state index < -0.39 is 16.0 Å². The summed E-state index contributed by atoms with van der Waals surface area (Å²) >= 11 is 9.08. The van der Waals surface area contributed by atoms with Gasteiger partial charge in [-0.05, 0) is 40.4 Å². The number of carbonyl (C=O) groups excluding carboxylic acids is 1. The van der Waals surface area contributed by atoms with Crippen molar-refractivity contribution in [2.24, 2.45) is 11.1 Å². The fourth-order valence-electron chi connectivity index (χ4n) is 1.68. The Morgan fingerprint density at radius 1 is 1.45 bits per heavy atom. The maximum absolute atomic E-state index is 11.9. The van der Waals surface area contributed by atoms with E-state index in [2.05, 4.69) is 15.9 Å². The maximum atomic E-state index is 11.9. The average Bonchev–Trinajstić information content (AvgIpc) is 3.15. The number of esters is 1. The Morgan fingerprint density at radius 2 is 2.10 bits per heavy atom. The van der Waals surface area contributed by atoms with E-state index in [1.165, 1.54) is 18.9 Å². The third kappa shape index (κ3) is 3.94. The summed E-state index contributed by atoms with van der Waals surface area (Å²) in [5.74, 6) is -0.0115. The van der Waals surface area contributed by atoms with E-state index in [-0.39, 0.29) is 20.0 Å². The molecule has 0 saturated heterocycles. The monoisotopic (exact) mass is 381 g/mol. The topological polar surface area (TPSA) is 86.5 Å². The van der Waals surface area contributed by atoms with Crippen LogP contribution in [0.2, 0.25) is 5.02 Å². The Kier molecular flexibility index (Phi) is 4.73. The van der Waals surface area contributed by atoms with Gasteiger partial charge in [-0.2, -0.15) is 0 Å². The molecule has 1 aliphatic carbocycles. The van der Waals surface area contributed by atoms with Gasteiger partial charge in [0.2, 0.25) is 10.0 Å². The lowest BCUT2D eigenvalue weighted by atomic mass is 10.2. The number of halogens is 2. The van der Waals surface area contributed by atoms with E-state index in [1.807, 2.05) is 0 Å². The van der Waals surface area contributed by atoms with Crippen LogP contribution in [0.25, 0.3) is 0 Å². The summed E-state index contributed by atoms with van der Waals surface area (Å²) in [4.78, 5) is 11.7. The van der Waals surface area contributed by atoms with Gasteiger partial charge in [-0.25, -0.2) is 18.4 Å². The molecular weight excluding hydrogens is 370 g/mol. The average molecular weight is 383 g/mol. The molecule has 2 rings (SSSR count). The molecule has 1 saturated carbocycles. The molecule has 20 heavy (non-hydrogen) atoms. The van der Waals surface area contributed by atoms with E-state index in [4.69, 9.17) is 21.5 Å². The van der Waals surface area contributed by atoms with Crippen LogP contribution in [-0.4, -0.2) is 21.0 Å². The number of hydrogen-bond donors (Lipinski definition) is 1. The molecule has 1 aromatic rings. The van der Waals surface area contributed by atoms with Crippen LogP contribution >= 0.6 is 27.5 Å². The maximum Gasteiger partial charge on any atom is 0.339 e. The van der Waals surface area contributed by atoms with Crippen LogP contribution in [0.1, 0.15) is 29.6 Å². The predicted octanol–water partition coefficient (Wildman–Crippen LogP) is 2.71. The van der Waals surface area contributed by atoms with Crippen molar-refractivity contribution < 1.29 is 17.9 Å². The van der Waals surface area contributed by atoms with Gasteiger partial charge in [-0.3, -0.25) is 0 Å². The first-order chi connectivity index (χ1) is 9.29. The highest BCUT2D eigenvalue weighted by Gasteiger charge is 2.23. The quantitative estimate of drug-likeness (QED) is 0.793. The van der Waals surface area contributed by atoms with Crippen molar-refractivity contribution in [2.45, 2.75) is 24.2 Å².